The predicted molar refractivity (Wildman–Crippen MR) is 92.3 cm³/mol. The average Bonchev–Trinajstić information content (AvgIpc) is 2.42. The monoisotopic (exact) mass is 367 g/mol. The standard InChI is InChI=1S/C15H15BrClN3O/c1-20(2)14-6-3-9(7-13(14)18)15(21)19-10-4-5-12(17)11(16)8-10/h3-8H,18H2,1-2H3,(H,19,21). The fraction of sp³-hybridized carbons (Fsp3) is 0.133. The lowest BCUT2D eigenvalue weighted by molar-refractivity contribution is 0.102. The smallest absolute Gasteiger partial charge is 0.255 e. The first-order valence-corrected chi connectivity index (χ1v) is 7.39. The van der Waals surface area contributed by atoms with Crippen LogP contribution in [0.1, 0.15) is 10.4 Å². The molecule has 2 rings (SSSR count). The molecule has 0 aromatic heterocycles. The van der Waals surface area contributed by atoms with Crippen molar-refractivity contribution in [3.63, 3.8) is 0 Å². The third kappa shape index (κ3) is 3.68. The number of hydrogen-bond acceptors (Lipinski definition) is 3. The number of rotatable bonds is 3. The molecule has 110 valence electrons. The molecule has 2 aromatic carbocycles. The molecule has 6 heteroatoms. The molecule has 21 heavy (non-hydrogen) atoms. The van der Waals surface area contributed by atoms with Gasteiger partial charge >= 0.3 is 0 Å². The van der Waals surface area contributed by atoms with Gasteiger partial charge in [0.25, 0.3) is 5.91 Å². The van der Waals surface area contributed by atoms with E-state index in [0.29, 0.717) is 22.0 Å². The van der Waals surface area contributed by atoms with E-state index in [1.54, 1.807) is 30.3 Å². The largest absolute Gasteiger partial charge is 0.397 e. The normalized spacial score (nSPS) is 10.3. The second-order valence-electron chi connectivity index (χ2n) is 4.75. The number of nitrogen functional groups attached to an aromatic ring is 1. The molecule has 3 N–H and O–H groups in total. The van der Waals surface area contributed by atoms with Crippen molar-refractivity contribution in [2.75, 3.05) is 30.0 Å². The van der Waals surface area contributed by atoms with E-state index < -0.39 is 0 Å². The zero-order valence-corrected chi connectivity index (χ0v) is 14.0. The Morgan fingerprint density at radius 2 is 1.95 bits per heavy atom. The highest BCUT2D eigenvalue weighted by atomic mass is 79.9. The maximum atomic E-state index is 12.2. The summed E-state index contributed by atoms with van der Waals surface area (Å²) in [6.07, 6.45) is 0. The summed E-state index contributed by atoms with van der Waals surface area (Å²) in [5.74, 6) is -0.221. The Morgan fingerprint density at radius 1 is 1.24 bits per heavy atom. The molecule has 0 radical (unpaired) electrons. The summed E-state index contributed by atoms with van der Waals surface area (Å²) in [4.78, 5) is 14.1. The number of carbonyl (C=O) groups excluding carboxylic acids is 1. The van der Waals surface area contributed by atoms with E-state index in [2.05, 4.69) is 21.2 Å². The lowest BCUT2D eigenvalue weighted by atomic mass is 10.1. The van der Waals surface area contributed by atoms with Crippen molar-refractivity contribution < 1.29 is 4.79 Å². The summed E-state index contributed by atoms with van der Waals surface area (Å²) in [5, 5.41) is 3.40. The first-order chi connectivity index (χ1) is 9.88. The van der Waals surface area contributed by atoms with Crippen molar-refractivity contribution in [1.82, 2.24) is 0 Å². The number of nitrogens with zero attached hydrogens (tertiary/aromatic N) is 1. The molecule has 0 bridgehead atoms. The minimum absolute atomic E-state index is 0.221. The van der Waals surface area contributed by atoms with Gasteiger partial charge in [-0.2, -0.15) is 0 Å². The summed E-state index contributed by atoms with van der Waals surface area (Å²) in [7, 11) is 3.80. The number of amides is 1. The molecule has 0 heterocycles. The summed E-state index contributed by atoms with van der Waals surface area (Å²) < 4.78 is 0.726. The molecule has 0 aliphatic rings. The molecule has 0 spiro atoms. The first kappa shape index (κ1) is 15.7. The molecule has 0 fully saturated rings. The first-order valence-electron chi connectivity index (χ1n) is 6.21. The molecule has 0 unspecified atom stereocenters. The van der Waals surface area contributed by atoms with Crippen LogP contribution in [0, 0.1) is 0 Å². The number of nitrogens with two attached hydrogens (primary N) is 1. The summed E-state index contributed by atoms with van der Waals surface area (Å²) in [5.41, 5.74) is 8.55. The van der Waals surface area contributed by atoms with Gasteiger partial charge in [0.2, 0.25) is 0 Å². The van der Waals surface area contributed by atoms with Gasteiger partial charge in [0.05, 0.1) is 16.4 Å². The highest BCUT2D eigenvalue weighted by Gasteiger charge is 2.10. The molecule has 0 saturated carbocycles. The van der Waals surface area contributed by atoms with Crippen LogP contribution in [-0.4, -0.2) is 20.0 Å². The molecular formula is C15H15BrClN3O. The van der Waals surface area contributed by atoms with Crippen LogP contribution < -0.4 is 16.0 Å². The lowest BCUT2D eigenvalue weighted by Crippen LogP contribution is -2.15. The minimum atomic E-state index is -0.221. The van der Waals surface area contributed by atoms with Crippen LogP contribution in [0.5, 0.6) is 0 Å². The van der Waals surface area contributed by atoms with Gasteiger partial charge in [0.1, 0.15) is 0 Å². The second-order valence-corrected chi connectivity index (χ2v) is 6.01. The summed E-state index contributed by atoms with van der Waals surface area (Å²) in [6, 6.07) is 10.4. The Bertz CT molecular complexity index is 689. The Balaban J connectivity index is 2.20. The van der Waals surface area contributed by atoms with E-state index in [9.17, 15) is 4.79 Å². The number of carbonyl (C=O) groups is 1. The fourth-order valence-corrected chi connectivity index (χ4v) is 2.38. The molecule has 0 aliphatic carbocycles. The summed E-state index contributed by atoms with van der Waals surface area (Å²) in [6.45, 7) is 0. The Morgan fingerprint density at radius 3 is 2.52 bits per heavy atom. The van der Waals surface area contributed by atoms with Crippen LogP contribution in [0.4, 0.5) is 17.1 Å². The van der Waals surface area contributed by atoms with Crippen molar-refractivity contribution in [3.8, 4) is 0 Å². The molecule has 1 amide bonds. The Hall–Kier alpha value is -1.72. The van der Waals surface area contributed by atoms with E-state index in [4.69, 9.17) is 17.3 Å². The number of halogens is 2. The second kappa shape index (κ2) is 6.37. The maximum absolute atomic E-state index is 12.2. The average molecular weight is 369 g/mol. The highest BCUT2D eigenvalue weighted by Crippen LogP contribution is 2.26. The molecule has 0 aliphatic heterocycles. The third-order valence-corrected chi connectivity index (χ3v) is 4.16. The van der Waals surface area contributed by atoms with E-state index >= 15 is 0 Å². The molecule has 4 nitrogen and oxygen atoms in total. The van der Waals surface area contributed by atoms with Gasteiger partial charge in [-0.25, -0.2) is 0 Å². The van der Waals surface area contributed by atoms with Gasteiger partial charge < -0.3 is 16.0 Å². The molecular weight excluding hydrogens is 354 g/mol. The van der Waals surface area contributed by atoms with Gasteiger partial charge in [0, 0.05) is 29.8 Å². The lowest BCUT2D eigenvalue weighted by Gasteiger charge is -2.16. The van der Waals surface area contributed by atoms with Gasteiger partial charge in [-0.05, 0) is 52.3 Å². The topological polar surface area (TPSA) is 58.4 Å². The van der Waals surface area contributed by atoms with Crippen LogP contribution in [0.3, 0.4) is 0 Å². The quantitative estimate of drug-likeness (QED) is 0.805. The van der Waals surface area contributed by atoms with Crippen LogP contribution in [0.15, 0.2) is 40.9 Å². The van der Waals surface area contributed by atoms with Gasteiger partial charge in [-0.1, -0.05) is 11.6 Å². The number of anilines is 3. The minimum Gasteiger partial charge on any atom is -0.397 e. The van der Waals surface area contributed by atoms with Crippen LogP contribution in [0.25, 0.3) is 0 Å². The summed E-state index contributed by atoms with van der Waals surface area (Å²) >= 11 is 9.24. The number of hydrogen-bond donors (Lipinski definition) is 2. The number of nitrogens with one attached hydrogen (secondary N) is 1. The van der Waals surface area contributed by atoms with Crippen molar-refractivity contribution in [2.45, 2.75) is 0 Å². The predicted octanol–water partition coefficient (Wildman–Crippen LogP) is 4.00. The zero-order valence-electron chi connectivity index (χ0n) is 11.7. The zero-order chi connectivity index (χ0) is 15.6. The van der Waals surface area contributed by atoms with Gasteiger partial charge in [-0.3, -0.25) is 4.79 Å². The SMILES string of the molecule is CN(C)c1ccc(C(=O)Nc2ccc(Cl)c(Br)c2)cc1N. The highest BCUT2D eigenvalue weighted by molar-refractivity contribution is 9.10. The maximum Gasteiger partial charge on any atom is 0.255 e. The van der Waals surface area contributed by atoms with E-state index in [1.807, 2.05) is 25.1 Å². The van der Waals surface area contributed by atoms with Crippen LogP contribution >= 0.6 is 27.5 Å². The van der Waals surface area contributed by atoms with Crippen molar-refractivity contribution in [1.29, 1.82) is 0 Å². The van der Waals surface area contributed by atoms with Gasteiger partial charge in [-0.15, -0.1) is 0 Å². The Kier molecular flexibility index (Phi) is 4.75. The van der Waals surface area contributed by atoms with Crippen LogP contribution in [0.2, 0.25) is 5.02 Å². The Labute approximate surface area is 137 Å². The van der Waals surface area contributed by atoms with E-state index in [-0.39, 0.29) is 5.91 Å². The number of benzene rings is 2. The van der Waals surface area contributed by atoms with Crippen LogP contribution in [-0.2, 0) is 0 Å². The fourth-order valence-electron chi connectivity index (χ4n) is 1.88. The molecule has 0 saturated heterocycles. The van der Waals surface area contributed by atoms with Gasteiger partial charge in [0.15, 0.2) is 0 Å². The van der Waals surface area contributed by atoms with E-state index in [1.165, 1.54) is 0 Å². The molecule has 2 aromatic rings. The third-order valence-electron chi connectivity index (χ3n) is 2.95. The molecule has 0 atom stereocenters. The van der Waals surface area contributed by atoms with Crippen molar-refractivity contribution in [2.24, 2.45) is 0 Å². The van der Waals surface area contributed by atoms with Crippen molar-refractivity contribution in [3.05, 3.63) is 51.5 Å². The van der Waals surface area contributed by atoms with E-state index in [0.717, 1.165) is 10.2 Å². The van der Waals surface area contributed by atoms with Crippen molar-refractivity contribution >= 4 is 50.5 Å².